The normalized spacial score (nSPS) is 19.9. The van der Waals surface area contributed by atoms with E-state index >= 15 is 0 Å². The second-order valence-electron chi connectivity index (χ2n) is 5.91. The highest BCUT2D eigenvalue weighted by Gasteiger charge is 2.28. The molecule has 6 nitrogen and oxygen atoms in total. The summed E-state index contributed by atoms with van der Waals surface area (Å²) in [4.78, 5) is 22.5. The van der Waals surface area contributed by atoms with Crippen molar-refractivity contribution in [3.8, 4) is 0 Å². The first-order chi connectivity index (χ1) is 8.60. The summed E-state index contributed by atoms with van der Waals surface area (Å²) in [6, 6.07) is -0.114. The Morgan fingerprint density at radius 1 is 1.21 bits per heavy atom. The summed E-state index contributed by atoms with van der Waals surface area (Å²) in [5, 5.41) is 11.5. The van der Waals surface area contributed by atoms with Crippen molar-refractivity contribution in [3.05, 3.63) is 0 Å². The van der Waals surface area contributed by atoms with Gasteiger partial charge in [0, 0.05) is 12.5 Å². The van der Waals surface area contributed by atoms with Gasteiger partial charge >= 0.3 is 5.97 Å². The van der Waals surface area contributed by atoms with Gasteiger partial charge in [-0.05, 0) is 18.3 Å². The molecule has 1 heterocycles. The molecule has 0 aromatic rings. The van der Waals surface area contributed by atoms with E-state index < -0.39 is 21.2 Å². The van der Waals surface area contributed by atoms with E-state index in [0.29, 0.717) is 12.8 Å². The van der Waals surface area contributed by atoms with Gasteiger partial charge in [-0.25, -0.2) is 8.42 Å². The molecular weight excluding hydrogens is 270 g/mol. The molecule has 2 N–H and O–H groups in total. The predicted molar refractivity (Wildman–Crippen MR) is 70.5 cm³/mol. The molecular formula is C12H21NO5S. The molecule has 0 bridgehead atoms. The van der Waals surface area contributed by atoms with Crippen LogP contribution in [0.4, 0.5) is 0 Å². The second kappa shape index (κ2) is 5.90. The third-order valence-corrected chi connectivity index (χ3v) is 4.90. The van der Waals surface area contributed by atoms with Crippen LogP contribution in [0.1, 0.15) is 39.5 Å². The zero-order valence-electron chi connectivity index (χ0n) is 11.3. The number of rotatable bonds is 5. The van der Waals surface area contributed by atoms with Gasteiger partial charge in [0.2, 0.25) is 5.91 Å². The minimum atomic E-state index is -2.93. The van der Waals surface area contributed by atoms with Gasteiger partial charge in [0.25, 0.3) is 0 Å². The van der Waals surface area contributed by atoms with E-state index in [4.69, 9.17) is 5.11 Å². The van der Waals surface area contributed by atoms with E-state index in [1.54, 1.807) is 13.8 Å². The highest BCUT2D eigenvalue weighted by Crippen LogP contribution is 2.25. The number of nitrogens with one attached hydrogen (secondary N) is 1. The highest BCUT2D eigenvalue weighted by atomic mass is 32.2. The largest absolute Gasteiger partial charge is 0.481 e. The molecule has 19 heavy (non-hydrogen) atoms. The molecule has 1 saturated heterocycles. The lowest BCUT2D eigenvalue weighted by atomic mass is 9.85. The van der Waals surface area contributed by atoms with E-state index in [2.05, 4.69) is 5.32 Å². The van der Waals surface area contributed by atoms with Gasteiger partial charge in [-0.3, -0.25) is 9.59 Å². The summed E-state index contributed by atoms with van der Waals surface area (Å²) in [6.07, 6.45) is 0.933. The Morgan fingerprint density at radius 2 is 1.74 bits per heavy atom. The topological polar surface area (TPSA) is 101 Å². The van der Waals surface area contributed by atoms with Crippen molar-refractivity contribution < 1.29 is 23.1 Å². The molecule has 0 radical (unpaired) electrons. The van der Waals surface area contributed by atoms with Gasteiger partial charge in [0.1, 0.15) is 9.84 Å². The molecule has 1 rings (SSSR count). The fourth-order valence-electron chi connectivity index (χ4n) is 2.22. The van der Waals surface area contributed by atoms with Crippen molar-refractivity contribution in [2.45, 2.75) is 45.6 Å². The minimum absolute atomic E-state index is 0.0700. The molecule has 0 aromatic carbocycles. The molecule has 0 spiro atoms. The molecule has 0 saturated carbocycles. The van der Waals surface area contributed by atoms with E-state index in [-0.39, 0.29) is 36.3 Å². The highest BCUT2D eigenvalue weighted by molar-refractivity contribution is 7.91. The van der Waals surface area contributed by atoms with Crippen molar-refractivity contribution >= 4 is 21.7 Å². The quantitative estimate of drug-likeness (QED) is 0.771. The van der Waals surface area contributed by atoms with Crippen molar-refractivity contribution in [3.63, 3.8) is 0 Å². The Morgan fingerprint density at radius 3 is 2.21 bits per heavy atom. The fraction of sp³-hybridized carbons (Fsp3) is 0.833. The maximum atomic E-state index is 11.8. The number of carboxylic acid groups (broad SMARTS) is 1. The third kappa shape index (κ3) is 6.04. The Balaban J connectivity index is 2.42. The summed E-state index contributed by atoms with van der Waals surface area (Å²) in [5.41, 5.74) is -0.601. The Bertz CT molecular complexity index is 441. The lowest BCUT2D eigenvalue weighted by Crippen LogP contribution is -2.42. The van der Waals surface area contributed by atoms with Crippen LogP contribution in [-0.4, -0.2) is 42.9 Å². The molecule has 1 fully saturated rings. The Kier molecular flexibility index (Phi) is 4.95. The van der Waals surface area contributed by atoms with Crippen LogP contribution in [0, 0.1) is 5.41 Å². The number of carboxylic acids is 1. The molecule has 7 heteroatoms. The Labute approximate surface area is 113 Å². The number of hydrogen-bond donors (Lipinski definition) is 2. The van der Waals surface area contributed by atoms with Crippen molar-refractivity contribution in [2.24, 2.45) is 5.41 Å². The molecule has 0 unspecified atom stereocenters. The molecule has 1 amide bonds. The van der Waals surface area contributed by atoms with Crippen LogP contribution in [0.25, 0.3) is 0 Å². The average molecular weight is 291 g/mol. The van der Waals surface area contributed by atoms with Gasteiger partial charge in [0.15, 0.2) is 0 Å². The number of hydrogen-bond acceptors (Lipinski definition) is 4. The molecule has 1 aliphatic heterocycles. The summed E-state index contributed by atoms with van der Waals surface area (Å²) in [5.74, 6) is -0.926. The SMILES string of the molecule is CC(C)(CC(=O)O)CC(=O)NC1CCS(=O)(=O)CC1. The zero-order valence-corrected chi connectivity index (χ0v) is 12.1. The zero-order chi connectivity index (χ0) is 14.7. The van der Waals surface area contributed by atoms with Crippen LogP contribution in [0.5, 0.6) is 0 Å². The first-order valence-electron chi connectivity index (χ1n) is 6.31. The molecule has 110 valence electrons. The third-order valence-electron chi connectivity index (χ3n) is 3.19. The van der Waals surface area contributed by atoms with Gasteiger partial charge < -0.3 is 10.4 Å². The van der Waals surface area contributed by atoms with E-state index in [0.717, 1.165) is 0 Å². The fourth-order valence-corrected chi connectivity index (χ4v) is 3.71. The van der Waals surface area contributed by atoms with Crippen LogP contribution in [0.2, 0.25) is 0 Å². The van der Waals surface area contributed by atoms with Gasteiger partial charge in [-0.15, -0.1) is 0 Å². The minimum Gasteiger partial charge on any atom is -0.481 e. The maximum absolute atomic E-state index is 11.8. The second-order valence-corrected chi connectivity index (χ2v) is 8.21. The van der Waals surface area contributed by atoms with Crippen molar-refractivity contribution in [1.82, 2.24) is 5.32 Å². The summed E-state index contributed by atoms with van der Waals surface area (Å²) in [7, 11) is -2.93. The molecule has 0 aromatic heterocycles. The first-order valence-corrected chi connectivity index (χ1v) is 8.13. The monoisotopic (exact) mass is 291 g/mol. The Hall–Kier alpha value is -1.11. The van der Waals surface area contributed by atoms with Crippen LogP contribution in [0.15, 0.2) is 0 Å². The maximum Gasteiger partial charge on any atom is 0.303 e. The average Bonchev–Trinajstić information content (AvgIpc) is 2.18. The van der Waals surface area contributed by atoms with Crippen LogP contribution < -0.4 is 5.32 Å². The number of amides is 1. The number of carbonyl (C=O) groups excluding carboxylic acids is 1. The summed E-state index contributed by atoms with van der Waals surface area (Å²) < 4.78 is 22.5. The summed E-state index contributed by atoms with van der Waals surface area (Å²) >= 11 is 0. The smallest absolute Gasteiger partial charge is 0.303 e. The summed E-state index contributed by atoms with van der Waals surface area (Å²) in [6.45, 7) is 3.46. The van der Waals surface area contributed by atoms with Crippen LogP contribution in [-0.2, 0) is 19.4 Å². The first kappa shape index (κ1) is 15.9. The molecule has 0 aliphatic carbocycles. The van der Waals surface area contributed by atoms with Crippen molar-refractivity contribution in [2.75, 3.05) is 11.5 Å². The molecule has 0 atom stereocenters. The number of sulfone groups is 1. The number of aliphatic carboxylic acids is 1. The van der Waals surface area contributed by atoms with Gasteiger partial charge in [-0.1, -0.05) is 13.8 Å². The lowest BCUT2D eigenvalue weighted by Gasteiger charge is -2.26. The predicted octanol–water partition coefficient (Wildman–Crippen LogP) is 0.571. The lowest BCUT2D eigenvalue weighted by molar-refractivity contribution is -0.139. The standard InChI is InChI=1S/C12H21NO5S/c1-12(2,8-11(15)16)7-10(14)13-9-3-5-19(17,18)6-4-9/h9H,3-8H2,1-2H3,(H,13,14)(H,15,16). The van der Waals surface area contributed by atoms with Gasteiger partial charge in [0.05, 0.1) is 17.9 Å². The van der Waals surface area contributed by atoms with Gasteiger partial charge in [-0.2, -0.15) is 0 Å². The van der Waals surface area contributed by atoms with E-state index in [1.807, 2.05) is 0 Å². The number of carbonyl (C=O) groups is 2. The van der Waals surface area contributed by atoms with Crippen LogP contribution >= 0.6 is 0 Å². The van der Waals surface area contributed by atoms with Crippen molar-refractivity contribution in [1.29, 1.82) is 0 Å². The van der Waals surface area contributed by atoms with E-state index in [9.17, 15) is 18.0 Å². The van der Waals surface area contributed by atoms with E-state index in [1.165, 1.54) is 0 Å². The van der Waals surface area contributed by atoms with Crippen LogP contribution in [0.3, 0.4) is 0 Å². The molecule has 1 aliphatic rings.